The molecule has 0 saturated carbocycles. The highest BCUT2D eigenvalue weighted by Gasteiger charge is 2.38. The van der Waals surface area contributed by atoms with Crippen LogP contribution in [0.4, 0.5) is 10.1 Å². The summed E-state index contributed by atoms with van der Waals surface area (Å²) >= 11 is 0. The van der Waals surface area contributed by atoms with Crippen LogP contribution in [0.1, 0.15) is 20.7 Å². The zero-order valence-electron chi connectivity index (χ0n) is 16.4. The van der Waals surface area contributed by atoms with Crippen LogP contribution in [0.15, 0.2) is 48.5 Å². The van der Waals surface area contributed by atoms with Gasteiger partial charge in [-0.2, -0.15) is 0 Å². The number of piperazine rings is 1. The summed E-state index contributed by atoms with van der Waals surface area (Å²) in [5.74, 6) is 0.141. The summed E-state index contributed by atoms with van der Waals surface area (Å²) in [5, 5.41) is 0. The fourth-order valence-electron chi connectivity index (χ4n) is 4.10. The topological polar surface area (TPSA) is 53.1 Å². The van der Waals surface area contributed by atoms with Gasteiger partial charge in [0.1, 0.15) is 12.4 Å². The molecule has 2 aromatic rings. The molecule has 7 heteroatoms. The fraction of sp³-hybridized carbons (Fsp3) is 0.364. The van der Waals surface area contributed by atoms with Gasteiger partial charge in [-0.25, -0.2) is 4.39 Å². The molecule has 2 heterocycles. The number of amides is 2. The minimum Gasteiger partial charge on any atom is -0.495 e. The van der Waals surface area contributed by atoms with E-state index in [1.54, 1.807) is 31.4 Å². The number of alkyl halides is 1. The summed E-state index contributed by atoms with van der Waals surface area (Å²) in [6.45, 7) is 2.20. The third-order valence-corrected chi connectivity index (χ3v) is 5.71. The number of halogens is 1. The van der Waals surface area contributed by atoms with Crippen molar-refractivity contribution >= 4 is 17.5 Å². The Hall–Kier alpha value is -2.93. The standard InChI is InChI=1S/C22H24FN3O3/c1-29-20-9-5-4-8-19(20)25-12-10-24(11-13-25)16(14-23)15-26-21(27)17-6-2-3-7-18(17)22(26)28/h2-9,16H,10-15H2,1H3. The SMILES string of the molecule is COc1ccccc1N1CCN(C(CF)CN2C(=O)c3ccccc3C2=O)CC1. The number of benzene rings is 2. The number of fused-ring (bicyclic) bond motifs is 1. The molecular weight excluding hydrogens is 373 g/mol. The Kier molecular flexibility index (Phi) is 5.49. The van der Waals surface area contributed by atoms with Crippen LogP contribution < -0.4 is 9.64 Å². The van der Waals surface area contributed by atoms with E-state index in [9.17, 15) is 14.0 Å². The van der Waals surface area contributed by atoms with Crippen molar-refractivity contribution in [2.45, 2.75) is 6.04 Å². The van der Waals surface area contributed by atoms with E-state index in [4.69, 9.17) is 4.74 Å². The molecule has 0 aromatic heterocycles. The summed E-state index contributed by atoms with van der Waals surface area (Å²) in [6, 6.07) is 14.1. The first kappa shape index (κ1) is 19.4. The van der Waals surface area contributed by atoms with E-state index in [2.05, 4.69) is 4.90 Å². The summed E-state index contributed by atoms with van der Waals surface area (Å²) in [6.07, 6.45) is 0. The Morgan fingerprint density at radius 3 is 2.10 bits per heavy atom. The molecule has 0 radical (unpaired) electrons. The van der Waals surface area contributed by atoms with Crippen LogP contribution in [0, 0.1) is 0 Å². The number of imide groups is 1. The number of carbonyl (C=O) groups is 2. The van der Waals surface area contributed by atoms with Gasteiger partial charge in [-0.15, -0.1) is 0 Å². The van der Waals surface area contributed by atoms with Crippen molar-refractivity contribution in [2.24, 2.45) is 0 Å². The Labute approximate surface area is 169 Å². The number of para-hydroxylation sites is 2. The van der Waals surface area contributed by atoms with Gasteiger partial charge in [0.05, 0.1) is 30.0 Å². The van der Waals surface area contributed by atoms with Gasteiger partial charge in [-0.1, -0.05) is 24.3 Å². The molecule has 1 saturated heterocycles. The number of hydrogen-bond donors (Lipinski definition) is 0. The highest BCUT2D eigenvalue weighted by atomic mass is 19.1. The van der Waals surface area contributed by atoms with Crippen LogP contribution in [0.25, 0.3) is 0 Å². The average Bonchev–Trinajstić information content (AvgIpc) is 3.02. The molecule has 4 rings (SSSR count). The molecule has 0 aliphatic carbocycles. The maximum absolute atomic E-state index is 13.9. The van der Waals surface area contributed by atoms with Gasteiger partial charge in [0.25, 0.3) is 11.8 Å². The summed E-state index contributed by atoms with van der Waals surface area (Å²) < 4.78 is 19.3. The Bertz CT molecular complexity index is 877. The molecule has 2 aliphatic rings. The maximum Gasteiger partial charge on any atom is 0.261 e. The van der Waals surface area contributed by atoms with Gasteiger partial charge in [0, 0.05) is 32.7 Å². The normalized spacial score (nSPS) is 18.1. The highest BCUT2D eigenvalue weighted by Crippen LogP contribution is 2.29. The number of rotatable bonds is 6. The van der Waals surface area contributed by atoms with E-state index in [1.807, 2.05) is 29.2 Å². The molecule has 1 atom stereocenters. The highest BCUT2D eigenvalue weighted by molar-refractivity contribution is 6.21. The largest absolute Gasteiger partial charge is 0.495 e. The quantitative estimate of drug-likeness (QED) is 0.701. The first-order chi connectivity index (χ1) is 14.1. The predicted octanol–water partition coefficient (Wildman–Crippen LogP) is 2.45. The molecule has 2 amide bonds. The Morgan fingerprint density at radius 1 is 0.931 bits per heavy atom. The molecule has 0 spiro atoms. The van der Waals surface area contributed by atoms with Gasteiger partial charge in [-0.3, -0.25) is 19.4 Å². The van der Waals surface area contributed by atoms with Gasteiger partial charge >= 0.3 is 0 Å². The minimum absolute atomic E-state index is 0.0670. The van der Waals surface area contributed by atoms with Crippen molar-refractivity contribution in [3.63, 3.8) is 0 Å². The van der Waals surface area contributed by atoms with Crippen LogP contribution in [0.3, 0.4) is 0 Å². The summed E-state index contributed by atoms with van der Waals surface area (Å²) in [7, 11) is 1.65. The van der Waals surface area contributed by atoms with E-state index in [0.717, 1.165) is 24.5 Å². The second kappa shape index (κ2) is 8.21. The molecule has 2 aliphatic heterocycles. The van der Waals surface area contributed by atoms with Crippen molar-refractivity contribution < 1.29 is 18.7 Å². The van der Waals surface area contributed by atoms with Crippen molar-refractivity contribution in [3.05, 3.63) is 59.7 Å². The first-order valence-electron chi connectivity index (χ1n) is 9.77. The molecule has 6 nitrogen and oxygen atoms in total. The number of carbonyl (C=O) groups excluding carboxylic acids is 2. The monoisotopic (exact) mass is 397 g/mol. The molecule has 29 heavy (non-hydrogen) atoms. The number of hydrogen-bond acceptors (Lipinski definition) is 5. The van der Waals surface area contributed by atoms with Crippen LogP contribution in [-0.4, -0.2) is 74.2 Å². The lowest BCUT2D eigenvalue weighted by molar-refractivity contribution is 0.0562. The molecular formula is C22H24FN3O3. The van der Waals surface area contributed by atoms with Gasteiger partial charge in [0.2, 0.25) is 0 Å². The molecule has 0 bridgehead atoms. The van der Waals surface area contributed by atoms with E-state index in [0.29, 0.717) is 24.2 Å². The van der Waals surface area contributed by atoms with Crippen LogP contribution in [-0.2, 0) is 0 Å². The molecule has 152 valence electrons. The van der Waals surface area contributed by atoms with Gasteiger partial charge in [-0.05, 0) is 24.3 Å². The fourth-order valence-corrected chi connectivity index (χ4v) is 4.10. The van der Waals surface area contributed by atoms with Crippen LogP contribution in [0.2, 0.25) is 0 Å². The minimum atomic E-state index is -0.609. The van der Waals surface area contributed by atoms with Crippen molar-refractivity contribution in [1.82, 2.24) is 9.80 Å². The summed E-state index contributed by atoms with van der Waals surface area (Å²) in [5.41, 5.74) is 1.82. The smallest absolute Gasteiger partial charge is 0.261 e. The third-order valence-electron chi connectivity index (χ3n) is 5.71. The molecule has 1 fully saturated rings. The lowest BCUT2D eigenvalue weighted by atomic mass is 10.1. The number of methoxy groups -OCH3 is 1. The third kappa shape index (κ3) is 3.58. The zero-order chi connectivity index (χ0) is 20.4. The predicted molar refractivity (Wildman–Crippen MR) is 108 cm³/mol. The van der Waals surface area contributed by atoms with Crippen LogP contribution in [0.5, 0.6) is 5.75 Å². The van der Waals surface area contributed by atoms with Crippen molar-refractivity contribution in [1.29, 1.82) is 0 Å². The maximum atomic E-state index is 13.9. The molecule has 2 aromatic carbocycles. The zero-order valence-corrected chi connectivity index (χ0v) is 16.4. The lowest BCUT2D eigenvalue weighted by Crippen LogP contribution is -2.54. The second-order valence-corrected chi connectivity index (χ2v) is 7.27. The Morgan fingerprint density at radius 2 is 1.52 bits per heavy atom. The number of ether oxygens (including phenoxy) is 1. The van der Waals surface area contributed by atoms with Gasteiger partial charge in [0.15, 0.2) is 0 Å². The molecule has 0 N–H and O–H groups in total. The second-order valence-electron chi connectivity index (χ2n) is 7.27. The summed E-state index contributed by atoms with van der Waals surface area (Å²) in [4.78, 5) is 30.6. The number of nitrogens with zero attached hydrogens (tertiary/aromatic N) is 3. The lowest BCUT2D eigenvalue weighted by Gasteiger charge is -2.40. The first-order valence-corrected chi connectivity index (χ1v) is 9.77. The average molecular weight is 397 g/mol. The number of anilines is 1. The van der Waals surface area contributed by atoms with E-state index >= 15 is 0 Å². The van der Waals surface area contributed by atoms with Crippen molar-refractivity contribution in [2.75, 3.05) is 51.4 Å². The van der Waals surface area contributed by atoms with E-state index in [-0.39, 0.29) is 18.4 Å². The van der Waals surface area contributed by atoms with E-state index < -0.39 is 12.7 Å². The van der Waals surface area contributed by atoms with Gasteiger partial charge < -0.3 is 9.64 Å². The van der Waals surface area contributed by atoms with E-state index in [1.165, 1.54) is 4.90 Å². The Balaban J connectivity index is 1.41. The van der Waals surface area contributed by atoms with Crippen molar-refractivity contribution in [3.8, 4) is 5.75 Å². The molecule has 1 unspecified atom stereocenters. The van der Waals surface area contributed by atoms with Crippen LogP contribution >= 0.6 is 0 Å².